The minimum atomic E-state index is -0.304. The second kappa shape index (κ2) is 9.00. The molecule has 0 unspecified atom stereocenters. The molecule has 126 valence electrons. The van der Waals surface area contributed by atoms with Crippen LogP contribution in [0.15, 0.2) is 36.4 Å². The Morgan fingerprint density at radius 1 is 1.09 bits per heavy atom. The maximum Gasteiger partial charge on any atom is 0.125 e. The lowest BCUT2D eigenvalue weighted by molar-refractivity contribution is 0.425. The Hall–Kier alpha value is -2.27. The van der Waals surface area contributed by atoms with Gasteiger partial charge in [-0.05, 0) is 43.9 Å². The van der Waals surface area contributed by atoms with Crippen molar-refractivity contribution < 1.29 is 4.39 Å². The number of benzene rings is 2. The van der Waals surface area contributed by atoms with Gasteiger partial charge in [0.2, 0.25) is 0 Å². The summed E-state index contributed by atoms with van der Waals surface area (Å²) < 4.78 is 13.8. The maximum atomic E-state index is 13.8. The van der Waals surface area contributed by atoms with Crippen LogP contribution in [0.1, 0.15) is 13.8 Å². The van der Waals surface area contributed by atoms with E-state index >= 15 is 0 Å². The topological polar surface area (TPSA) is 67.3 Å². The van der Waals surface area contributed by atoms with E-state index in [-0.39, 0.29) is 5.82 Å². The molecule has 0 aromatic heterocycles. The first-order chi connectivity index (χ1) is 11.0. The van der Waals surface area contributed by atoms with Gasteiger partial charge in [-0.1, -0.05) is 26.0 Å². The highest BCUT2D eigenvalue weighted by atomic mass is 19.1. The molecule has 0 saturated heterocycles. The van der Waals surface area contributed by atoms with Crippen LogP contribution in [0.5, 0.6) is 0 Å². The number of hydrogen-bond donors (Lipinski definition) is 3. The first-order valence-electron chi connectivity index (χ1n) is 7.81. The van der Waals surface area contributed by atoms with Crippen LogP contribution in [0, 0.1) is 5.82 Å². The molecule has 0 radical (unpaired) electrons. The summed E-state index contributed by atoms with van der Waals surface area (Å²) in [4.78, 5) is 2.06. The second-order valence-corrected chi connectivity index (χ2v) is 5.27. The molecule has 5 heteroatoms. The lowest BCUT2D eigenvalue weighted by Crippen LogP contribution is -2.20. The Balaban J connectivity index is 0.00000127. The average Bonchev–Trinajstić information content (AvgIpc) is 2.51. The van der Waals surface area contributed by atoms with Gasteiger partial charge in [0, 0.05) is 24.3 Å². The lowest BCUT2D eigenvalue weighted by Gasteiger charge is -2.13. The molecule has 2 rings (SSSR count). The zero-order chi connectivity index (χ0) is 17.4. The fraction of sp³-hybridized carbons (Fsp3) is 0.333. The van der Waals surface area contributed by atoms with Crippen molar-refractivity contribution >= 4 is 17.1 Å². The van der Waals surface area contributed by atoms with Crippen molar-refractivity contribution in [3.8, 4) is 11.1 Å². The number of nitrogens with two attached hydrogens (primary N) is 2. The number of nitrogens with zero attached hydrogens (tertiary/aromatic N) is 1. The van der Waals surface area contributed by atoms with Crippen molar-refractivity contribution in [1.29, 1.82) is 0 Å². The summed E-state index contributed by atoms with van der Waals surface area (Å²) >= 11 is 0. The smallest absolute Gasteiger partial charge is 0.125 e. The number of hydrogen-bond acceptors (Lipinski definition) is 4. The van der Waals surface area contributed by atoms with Crippen molar-refractivity contribution in [3.63, 3.8) is 0 Å². The van der Waals surface area contributed by atoms with Gasteiger partial charge in [-0.25, -0.2) is 4.39 Å². The number of anilines is 3. The summed E-state index contributed by atoms with van der Waals surface area (Å²) in [5.74, 6) is -0.304. The van der Waals surface area contributed by atoms with E-state index in [1.807, 2.05) is 46.1 Å². The summed E-state index contributed by atoms with van der Waals surface area (Å²) in [6.45, 7) is 5.61. The fourth-order valence-corrected chi connectivity index (χ4v) is 2.11. The Morgan fingerprint density at radius 2 is 1.78 bits per heavy atom. The van der Waals surface area contributed by atoms with Gasteiger partial charge in [0.25, 0.3) is 0 Å². The molecule has 0 saturated carbocycles. The Morgan fingerprint density at radius 3 is 2.43 bits per heavy atom. The van der Waals surface area contributed by atoms with Gasteiger partial charge in [-0.3, -0.25) is 0 Å². The number of halogens is 1. The molecule has 0 fully saturated rings. The predicted octanol–water partition coefficient (Wildman–Crippen LogP) is 3.66. The van der Waals surface area contributed by atoms with Crippen molar-refractivity contribution in [1.82, 2.24) is 4.90 Å². The highest BCUT2D eigenvalue weighted by Crippen LogP contribution is 2.32. The third kappa shape index (κ3) is 5.45. The van der Waals surface area contributed by atoms with Gasteiger partial charge in [-0.15, -0.1) is 0 Å². The molecule has 0 spiro atoms. The molecule has 0 aliphatic rings. The van der Waals surface area contributed by atoms with Crippen molar-refractivity contribution in [2.75, 3.05) is 44.0 Å². The molecule has 2 aromatic carbocycles. The van der Waals surface area contributed by atoms with E-state index in [9.17, 15) is 4.39 Å². The number of likely N-dealkylation sites (N-methyl/N-ethyl adjacent to an activating group) is 1. The standard InChI is InChI=1S/C16H21FN4.C2H6/c1-21(2)7-6-20-13-9-11(8-12(17)10-13)14-4-3-5-15(18)16(14)19;1-2/h3-5,8-10,20H,6-7,18-19H2,1-2H3;1-2H3. The van der Waals surface area contributed by atoms with Crippen LogP contribution in [0.4, 0.5) is 21.5 Å². The summed E-state index contributed by atoms with van der Waals surface area (Å²) in [5.41, 5.74) is 14.9. The fourth-order valence-electron chi connectivity index (χ4n) is 2.11. The normalized spacial score (nSPS) is 10.2. The quantitative estimate of drug-likeness (QED) is 0.736. The zero-order valence-corrected chi connectivity index (χ0v) is 14.4. The Bertz CT molecular complexity index is 626. The van der Waals surface area contributed by atoms with E-state index < -0.39 is 0 Å². The van der Waals surface area contributed by atoms with E-state index in [4.69, 9.17) is 11.5 Å². The molecule has 0 amide bonds. The molecule has 0 aliphatic carbocycles. The summed E-state index contributed by atoms with van der Waals surface area (Å²) in [6, 6.07) is 10.2. The van der Waals surface area contributed by atoms with Gasteiger partial charge in [0.15, 0.2) is 0 Å². The number of nitrogens with one attached hydrogen (secondary N) is 1. The van der Waals surface area contributed by atoms with E-state index in [1.54, 1.807) is 6.07 Å². The monoisotopic (exact) mass is 318 g/mol. The third-order valence-corrected chi connectivity index (χ3v) is 3.24. The third-order valence-electron chi connectivity index (χ3n) is 3.24. The molecule has 0 atom stereocenters. The average molecular weight is 318 g/mol. The molecule has 2 aromatic rings. The minimum Gasteiger partial charge on any atom is -0.397 e. The van der Waals surface area contributed by atoms with E-state index in [1.165, 1.54) is 12.1 Å². The summed E-state index contributed by atoms with van der Waals surface area (Å²) in [7, 11) is 3.98. The maximum absolute atomic E-state index is 13.8. The van der Waals surface area contributed by atoms with E-state index in [2.05, 4.69) is 10.2 Å². The summed E-state index contributed by atoms with van der Waals surface area (Å²) in [6.07, 6.45) is 0. The molecule has 0 aliphatic heterocycles. The Kier molecular flexibility index (Phi) is 7.35. The van der Waals surface area contributed by atoms with Gasteiger partial charge in [0.05, 0.1) is 11.4 Å². The van der Waals surface area contributed by atoms with Crippen LogP contribution in [-0.2, 0) is 0 Å². The van der Waals surface area contributed by atoms with Crippen molar-refractivity contribution in [2.24, 2.45) is 0 Å². The van der Waals surface area contributed by atoms with Crippen LogP contribution in [-0.4, -0.2) is 32.1 Å². The summed E-state index contributed by atoms with van der Waals surface area (Å²) in [5, 5.41) is 3.21. The first-order valence-corrected chi connectivity index (χ1v) is 7.81. The van der Waals surface area contributed by atoms with Crippen LogP contribution < -0.4 is 16.8 Å². The van der Waals surface area contributed by atoms with Gasteiger partial charge < -0.3 is 21.7 Å². The first kappa shape index (κ1) is 18.8. The van der Waals surface area contributed by atoms with E-state index in [0.717, 1.165) is 24.3 Å². The van der Waals surface area contributed by atoms with Crippen LogP contribution in [0.3, 0.4) is 0 Å². The molecular weight excluding hydrogens is 291 g/mol. The molecule has 23 heavy (non-hydrogen) atoms. The van der Waals surface area contributed by atoms with Gasteiger partial charge in [0.1, 0.15) is 5.82 Å². The highest BCUT2D eigenvalue weighted by molar-refractivity contribution is 5.85. The van der Waals surface area contributed by atoms with Crippen LogP contribution in [0.2, 0.25) is 0 Å². The number of rotatable bonds is 5. The van der Waals surface area contributed by atoms with E-state index in [0.29, 0.717) is 16.9 Å². The largest absolute Gasteiger partial charge is 0.397 e. The lowest BCUT2D eigenvalue weighted by atomic mass is 10.0. The minimum absolute atomic E-state index is 0.304. The molecule has 4 nitrogen and oxygen atoms in total. The van der Waals surface area contributed by atoms with Crippen LogP contribution in [0.25, 0.3) is 11.1 Å². The SMILES string of the molecule is CC.CN(C)CCNc1cc(F)cc(-c2cccc(N)c2N)c1. The van der Waals surface area contributed by atoms with Crippen molar-refractivity contribution in [2.45, 2.75) is 13.8 Å². The number of nitrogen functional groups attached to an aromatic ring is 2. The van der Waals surface area contributed by atoms with Crippen LogP contribution >= 0.6 is 0 Å². The van der Waals surface area contributed by atoms with Gasteiger partial charge >= 0.3 is 0 Å². The zero-order valence-electron chi connectivity index (χ0n) is 14.4. The highest BCUT2D eigenvalue weighted by Gasteiger charge is 2.08. The second-order valence-electron chi connectivity index (χ2n) is 5.27. The predicted molar refractivity (Wildman–Crippen MR) is 99.1 cm³/mol. The molecule has 0 heterocycles. The number of para-hydroxylation sites is 1. The molecule has 5 N–H and O–H groups in total. The van der Waals surface area contributed by atoms with Gasteiger partial charge in [-0.2, -0.15) is 0 Å². The Labute approximate surface area is 138 Å². The molecular formula is C18H27FN4. The van der Waals surface area contributed by atoms with Crippen molar-refractivity contribution in [3.05, 3.63) is 42.2 Å². The molecule has 0 bridgehead atoms.